The second-order valence-electron chi connectivity index (χ2n) is 6.68. The molecule has 162 valence electrons. The second kappa shape index (κ2) is 8.41. The number of nitrogens with zero attached hydrogens (tertiary/aromatic N) is 4. The van der Waals surface area contributed by atoms with Gasteiger partial charge < -0.3 is 9.73 Å². The summed E-state index contributed by atoms with van der Waals surface area (Å²) in [5.74, 6) is 0.139. The van der Waals surface area contributed by atoms with E-state index in [1.165, 1.54) is 28.0 Å². The van der Waals surface area contributed by atoms with E-state index in [1.54, 1.807) is 22.8 Å². The number of halogens is 2. The maximum absolute atomic E-state index is 13.2. The van der Waals surface area contributed by atoms with Crippen LogP contribution in [0.1, 0.15) is 5.76 Å². The summed E-state index contributed by atoms with van der Waals surface area (Å²) < 4.78 is 22.4. The Hall–Kier alpha value is -3.15. The van der Waals surface area contributed by atoms with Crippen molar-refractivity contribution >= 4 is 62.3 Å². The minimum atomic E-state index is -0.488. The Balaban J connectivity index is 1.45. The van der Waals surface area contributed by atoms with Crippen LogP contribution in [0.25, 0.3) is 16.0 Å². The summed E-state index contributed by atoms with van der Waals surface area (Å²) >= 11 is 8.45. The average molecular weight is 490 g/mol. The molecule has 4 heterocycles. The number of furan rings is 1. The quantitative estimate of drug-likeness (QED) is 0.358. The van der Waals surface area contributed by atoms with Crippen molar-refractivity contribution in [3.63, 3.8) is 0 Å². The van der Waals surface area contributed by atoms with Gasteiger partial charge in [-0.2, -0.15) is 0 Å². The summed E-state index contributed by atoms with van der Waals surface area (Å²) in [7, 11) is 0. The van der Waals surface area contributed by atoms with Crippen molar-refractivity contribution in [2.45, 2.75) is 11.7 Å². The lowest BCUT2D eigenvalue weighted by Crippen LogP contribution is -2.23. The smallest absolute Gasteiger partial charge is 0.273 e. The van der Waals surface area contributed by atoms with Gasteiger partial charge in [-0.1, -0.05) is 23.4 Å². The highest BCUT2D eigenvalue weighted by Crippen LogP contribution is 2.26. The van der Waals surface area contributed by atoms with E-state index in [0.717, 1.165) is 17.8 Å². The number of thiophene rings is 1. The van der Waals surface area contributed by atoms with Crippen LogP contribution in [0.4, 0.5) is 10.1 Å². The van der Waals surface area contributed by atoms with E-state index >= 15 is 0 Å². The van der Waals surface area contributed by atoms with Crippen LogP contribution in [0.2, 0.25) is 5.02 Å². The number of anilines is 1. The van der Waals surface area contributed by atoms with Crippen molar-refractivity contribution < 1.29 is 13.6 Å². The van der Waals surface area contributed by atoms with Crippen molar-refractivity contribution in [1.82, 2.24) is 19.2 Å². The highest BCUT2D eigenvalue weighted by Gasteiger charge is 2.19. The second-order valence-corrected chi connectivity index (χ2v) is 8.95. The van der Waals surface area contributed by atoms with Crippen LogP contribution in [-0.4, -0.2) is 30.8 Å². The first kappa shape index (κ1) is 20.7. The molecule has 0 radical (unpaired) electrons. The van der Waals surface area contributed by atoms with Gasteiger partial charge in [-0.05, 0) is 41.8 Å². The fraction of sp³-hybridized carbons (Fsp3) is 0.100. The van der Waals surface area contributed by atoms with Gasteiger partial charge in [-0.25, -0.2) is 4.39 Å². The molecule has 0 aliphatic carbocycles. The molecule has 0 fully saturated rings. The SMILES string of the molecule is O=C(CSc1nnc2n(Cc3ccco3)c(=O)c3sccc3n12)Nc1ccc(F)cc1Cl. The van der Waals surface area contributed by atoms with Crippen LogP contribution in [0.3, 0.4) is 0 Å². The zero-order valence-corrected chi connectivity index (χ0v) is 18.5. The van der Waals surface area contributed by atoms with Crippen molar-refractivity contribution in [2.75, 3.05) is 11.1 Å². The third kappa shape index (κ3) is 3.78. The monoisotopic (exact) mass is 489 g/mol. The van der Waals surface area contributed by atoms with E-state index in [2.05, 4.69) is 15.5 Å². The van der Waals surface area contributed by atoms with Crippen LogP contribution in [-0.2, 0) is 11.3 Å². The van der Waals surface area contributed by atoms with E-state index < -0.39 is 5.82 Å². The topological polar surface area (TPSA) is 94.4 Å². The maximum Gasteiger partial charge on any atom is 0.273 e. The number of benzene rings is 1. The van der Waals surface area contributed by atoms with Crippen molar-refractivity contribution in [3.8, 4) is 0 Å². The minimum absolute atomic E-state index is 0.0113. The molecule has 4 aromatic heterocycles. The molecule has 32 heavy (non-hydrogen) atoms. The number of hydrogen-bond donors (Lipinski definition) is 1. The molecule has 0 saturated carbocycles. The Morgan fingerprint density at radius 1 is 1.28 bits per heavy atom. The number of amides is 1. The van der Waals surface area contributed by atoms with Gasteiger partial charge in [0, 0.05) is 0 Å². The Morgan fingerprint density at radius 2 is 2.16 bits per heavy atom. The van der Waals surface area contributed by atoms with Crippen LogP contribution >= 0.6 is 34.7 Å². The van der Waals surface area contributed by atoms with Gasteiger partial charge in [0.2, 0.25) is 11.7 Å². The lowest BCUT2D eigenvalue weighted by Gasteiger charge is -2.09. The van der Waals surface area contributed by atoms with E-state index in [9.17, 15) is 14.0 Å². The minimum Gasteiger partial charge on any atom is -0.467 e. The molecular weight excluding hydrogens is 477 g/mol. The predicted molar refractivity (Wildman–Crippen MR) is 121 cm³/mol. The fourth-order valence-electron chi connectivity index (χ4n) is 3.20. The zero-order chi connectivity index (χ0) is 22.2. The average Bonchev–Trinajstić information content (AvgIpc) is 3.52. The number of fused-ring (bicyclic) bond motifs is 3. The molecular formula is C20H13ClFN5O3S2. The largest absolute Gasteiger partial charge is 0.467 e. The molecule has 12 heteroatoms. The zero-order valence-electron chi connectivity index (χ0n) is 16.1. The molecule has 0 atom stereocenters. The Kier molecular flexibility index (Phi) is 5.45. The molecule has 0 unspecified atom stereocenters. The van der Waals surface area contributed by atoms with E-state index in [0.29, 0.717) is 32.6 Å². The predicted octanol–water partition coefficient (Wildman–Crippen LogP) is 4.27. The summed E-state index contributed by atoms with van der Waals surface area (Å²) in [5.41, 5.74) is 0.795. The summed E-state index contributed by atoms with van der Waals surface area (Å²) in [6.45, 7) is 0.204. The van der Waals surface area contributed by atoms with Gasteiger partial charge in [0.1, 0.15) is 16.3 Å². The van der Waals surface area contributed by atoms with Crippen molar-refractivity contribution in [1.29, 1.82) is 0 Å². The molecule has 0 spiro atoms. The van der Waals surface area contributed by atoms with E-state index in [1.807, 2.05) is 11.4 Å². The van der Waals surface area contributed by atoms with Crippen LogP contribution in [0.15, 0.2) is 62.4 Å². The molecule has 1 aromatic carbocycles. The Morgan fingerprint density at radius 3 is 2.94 bits per heavy atom. The van der Waals surface area contributed by atoms with Gasteiger partial charge >= 0.3 is 0 Å². The van der Waals surface area contributed by atoms with Gasteiger partial charge in [-0.3, -0.25) is 18.6 Å². The summed E-state index contributed by atoms with van der Waals surface area (Å²) in [5, 5.41) is 13.4. The molecule has 0 bridgehead atoms. The normalized spacial score (nSPS) is 11.4. The number of nitrogens with one attached hydrogen (secondary N) is 1. The number of thioether (sulfide) groups is 1. The maximum atomic E-state index is 13.2. The summed E-state index contributed by atoms with van der Waals surface area (Å²) in [6, 6.07) is 9.08. The number of carbonyl (C=O) groups excluding carboxylic acids is 1. The fourth-order valence-corrected chi connectivity index (χ4v) is 4.98. The molecule has 5 aromatic rings. The van der Waals surface area contributed by atoms with Crippen molar-refractivity contribution in [3.05, 3.63) is 75.0 Å². The summed E-state index contributed by atoms with van der Waals surface area (Å²) in [4.78, 5) is 25.4. The highest BCUT2D eigenvalue weighted by atomic mass is 35.5. The van der Waals surface area contributed by atoms with Crippen LogP contribution in [0, 0.1) is 5.82 Å². The lowest BCUT2D eigenvalue weighted by molar-refractivity contribution is -0.113. The molecule has 0 saturated heterocycles. The number of rotatable bonds is 6. The van der Waals surface area contributed by atoms with Gasteiger partial charge in [0.15, 0.2) is 5.16 Å². The summed E-state index contributed by atoms with van der Waals surface area (Å²) in [6.07, 6.45) is 1.54. The molecule has 0 aliphatic rings. The van der Waals surface area contributed by atoms with Gasteiger partial charge in [-0.15, -0.1) is 21.5 Å². The molecule has 5 rings (SSSR count). The first-order valence-corrected chi connectivity index (χ1v) is 11.5. The third-order valence-electron chi connectivity index (χ3n) is 4.61. The van der Waals surface area contributed by atoms with E-state index in [-0.39, 0.29) is 28.8 Å². The molecule has 1 amide bonds. The molecule has 1 N–H and O–H groups in total. The molecule has 8 nitrogen and oxygen atoms in total. The van der Waals surface area contributed by atoms with Crippen molar-refractivity contribution in [2.24, 2.45) is 0 Å². The number of aromatic nitrogens is 4. The van der Waals surface area contributed by atoms with Gasteiger partial charge in [0.05, 0.1) is 34.8 Å². The first-order valence-electron chi connectivity index (χ1n) is 9.26. The lowest BCUT2D eigenvalue weighted by atomic mass is 10.3. The van der Waals surface area contributed by atoms with E-state index in [4.69, 9.17) is 16.0 Å². The highest BCUT2D eigenvalue weighted by molar-refractivity contribution is 7.99. The van der Waals surface area contributed by atoms with Crippen LogP contribution < -0.4 is 10.9 Å². The number of hydrogen-bond acceptors (Lipinski definition) is 7. The van der Waals surface area contributed by atoms with Gasteiger partial charge in [0.25, 0.3) is 5.56 Å². The number of carbonyl (C=O) groups is 1. The Labute approximate surface area is 192 Å². The molecule has 0 aliphatic heterocycles. The third-order valence-corrected chi connectivity index (χ3v) is 6.75. The first-order chi connectivity index (χ1) is 15.5. The Bertz CT molecular complexity index is 1510. The van der Waals surface area contributed by atoms with Crippen LogP contribution in [0.5, 0.6) is 0 Å². The standard InChI is InChI=1S/C20H13ClFN5O3S2/c21-13-8-11(22)3-4-14(13)23-16(28)10-32-20-25-24-19-26(9-12-2-1-6-30-12)18(29)17-15(27(19)20)5-7-31-17/h1-8H,9-10H2,(H,23,28).